The smallest absolute Gasteiger partial charge is 0.143 e. The second-order valence-corrected chi connectivity index (χ2v) is 4.55. The highest BCUT2D eigenvalue weighted by atomic mass is 35.5. The summed E-state index contributed by atoms with van der Waals surface area (Å²) >= 11 is 7.29. The van der Waals surface area contributed by atoms with Gasteiger partial charge < -0.3 is 11.1 Å². The zero-order valence-corrected chi connectivity index (χ0v) is 10.2. The van der Waals surface area contributed by atoms with E-state index in [1.54, 1.807) is 11.8 Å². The molecule has 0 saturated carbocycles. The van der Waals surface area contributed by atoms with Crippen LogP contribution in [0.4, 0.5) is 15.8 Å². The Hall–Kier alpha value is -1.05. The number of rotatable bonds is 5. The normalized spacial score (nSPS) is 9.81. The summed E-state index contributed by atoms with van der Waals surface area (Å²) in [5, 5.41) is 3.14. The van der Waals surface area contributed by atoms with Gasteiger partial charge in [-0.3, -0.25) is 0 Å². The first-order chi connectivity index (χ1) is 7.65. The van der Waals surface area contributed by atoms with E-state index in [9.17, 15) is 4.39 Å². The van der Waals surface area contributed by atoms with Crippen molar-refractivity contribution in [2.45, 2.75) is 0 Å². The third kappa shape index (κ3) is 3.84. The minimum atomic E-state index is -0.508. The molecule has 0 aliphatic carbocycles. The number of halogens is 2. The second-order valence-electron chi connectivity index (χ2n) is 3.04. The van der Waals surface area contributed by atoms with Crippen molar-refractivity contribution in [2.24, 2.45) is 0 Å². The lowest BCUT2D eigenvalue weighted by atomic mass is 10.2. The molecule has 0 aromatic heterocycles. The van der Waals surface area contributed by atoms with Gasteiger partial charge >= 0.3 is 0 Å². The average molecular weight is 259 g/mol. The maximum absolute atomic E-state index is 13.0. The van der Waals surface area contributed by atoms with Crippen LogP contribution in [-0.2, 0) is 0 Å². The van der Waals surface area contributed by atoms with Gasteiger partial charge in [0.15, 0.2) is 0 Å². The van der Waals surface area contributed by atoms with Crippen LogP contribution in [0.3, 0.4) is 0 Å². The first kappa shape index (κ1) is 13.0. The number of hydrogen-bond acceptors (Lipinski definition) is 3. The summed E-state index contributed by atoms with van der Waals surface area (Å²) in [5.74, 6) is 3.57. The molecular formula is C11H12ClFN2S. The van der Waals surface area contributed by atoms with Gasteiger partial charge in [0.05, 0.1) is 22.2 Å². The van der Waals surface area contributed by atoms with Crippen LogP contribution in [0.1, 0.15) is 0 Å². The summed E-state index contributed by atoms with van der Waals surface area (Å²) in [6.45, 7) is 0.707. The molecule has 5 heteroatoms. The van der Waals surface area contributed by atoms with Crippen molar-refractivity contribution in [1.29, 1.82) is 0 Å². The van der Waals surface area contributed by atoms with Crippen LogP contribution >= 0.6 is 23.4 Å². The Kier molecular flexibility index (Phi) is 5.30. The zero-order valence-electron chi connectivity index (χ0n) is 8.59. The van der Waals surface area contributed by atoms with E-state index in [1.165, 1.54) is 12.1 Å². The molecule has 0 atom stereocenters. The van der Waals surface area contributed by atoms with Crippen molar-refractivity contribution in [3.05, 3.63) is 23.0 Å². The second kappa shape index (κ2) is 6.51. The zero-order chi connectivity index (χ0) is 12.0. The Labute approximate surface area is 104 Å². The van der Waals surface area contributed by atoms with Crippen molar-refractivity contribution < 1.29 is 4.39 Å². The average Bonchev–Trinajstić information content (AvgIpc) is 2.25. The van der Waals surface area contributed by atoms with E-state index in [1.807, 2.05) is 0 Å². The van der Waals surface area contributed by atoms with Crippen LogP contribution in [0.2, 0.25) is 5.02 Å². The SMILES string of the molecule is C#CCSCCNc1cc(Cl)c(F)cc1N. The molecule has 0 unspecified atom stereocenters. The molecule has 0 radical (unpaired) electrons. The fraction of sp³-hybridized carbons (Fsp3) is 0.273. The van der Waals surface area contributed by atoms with E-state index in [4.69, 9.17) is 23.8 Å². The lowest BCUT2D eigenvalue weighted by Crippen LogP contribution is -2.07. The number of anilines is 2. The molecule has 0 saturated heterocycles. The van der Waals surface area contributed by atoms with Crippen molar-refractivity contribution in [1.82, 2.24) is 0 Å². The molecular weight excluding hydrogens is 247 g/mol. The van der Waals surface area contributed by atoms with Crippen molar-refractivity contribution in [3.8, 4) is 12.3 Å². The Balaban J connectivity index is 2.48. The van der Waals surface area contributed by atoms with Gasteiger partial charge in [0, 0.05) is 18.4 Å². The molecule has 16 heavy (non-hydrogen) atoms. The molecule has 0 spiro atoms. The third-order valence-corrected chi connectivity index (χ3v) is 2.99. The Morgan fingerprint density at radius 2 is 2.31 bits per heavy atom. The lowest BCUT2D eigenvalue weighted by Gasteiger charge is -2.09. The third-order valence-electron chi connectivity index (χ3n) is 1.84. The van der Waals surface area contributed by atoms with Crippen LogP contribution in [0, 0.1) is 18.2 Å². The van der Waals surface area contributed by atoms with Crippen LogP contribution in [0.25, 0.3) is 0 Å². The van der Waals surface area contributed by atoms with E-state index in [2.05, 4.69) is 11.2 Å². The Bertz CT molecular complexity index is 404. The van der Waals surface area contributed by atoms with Gasteiger partial charge in [-0.25, -0.2) is 4.39 Å². The molecule has 0 amide bonds. The number of thioether (sulfide) groups is 1. The van der Waals surface area contributed by atoms with Gasteiger partial charge in [-0.1, -0.05) is 17.5 Å². The first-order valence-electron chi connectivity index (χ1n) is 4.64. The minimum absolute atomic E-state index is 0.0629. The summed E-state index contributed by atoms with van der Waals surface area (Å²) in [4.78, 5) is 0. The quantitative estimate of drug-likeness (QED) is 0.485. The van der Waals surface area contributed by atoms with Crippen LogP contribution in [-0.4, -0.2) is 18.1 Å². The largest absolute Gasteiger partial charge is 0.397 e. The van der Waals surface area contributed by atoms with E-state index in [0.29, 0.717) is 23.7 Å². The lowest BCUT2D eigenvalue weighted by molar-refractivity contribution is 0.629. The summed E-state index contributed by atoms with van der Waals surface area (Å²) in [6.07, 6.45) is 5.11. The highest BCUT2D eigenvalue weighted by Crippen LogP contribution is 2.26. The first-order valence-corrected chi connectivity index (χ1v) is 6.18. The maximum Gasteiger partial charge on any atom is 0.143 e. The number of nitrogen functional groups attached to an aromatic ring is 1. The predicted molar refractivity (Wildman–Crippen MR) is 70.5 cm³/mol. The molecule has 0 fully saturated rings. The molecule has 2 nitrogen and oxygen atoms in total. The van der Waals surface area contributed by atoms with Gasteiger partial charge in [0.25, 0.3) is 0 Å². The van der Waals surface area contributed by atoms with Gasteiger partial charge in [-0.15, -0.1) is 18.2 Å². The number of benzene rings is 1. The highest BCUT2D eigenvalue weighted by Gasteiger charge is 2.05. The summed E-state index contributed by atoms with van der Waals surface area (Å²) in [6, 6.07) is 2.69. The van der Waals surface area contributed by atoms with Gasteiger partial charge in [0.1, 0.15) is 5.82 Å². The molecule has 0 heterocycles. The fourth-order valence-corrected chi connectivity index (χ4v) is 1.78. The number of nitrogens with one attached hydrogen (secondary N) is 1. The molecule has 0 aliphatic rings. The maximum atomic E-state index is 13.0. The number of terminal acetylenes is 1. The molecule has 86 valence electrons. The standard InChI is InChI=1S/C11H12ClFN2S/c1-2-4-16-5-3-15-11-6-8(12)9(13)7-10(11)14/h1,6-7,15H,3-5,14H2. The number of hydrogen-bond donors (Lipinski definition) is 2. The highest BCUT2D eigenvalue weighted by molar-refractivity contribution is 7.99. The monoisotopic (exact) mass is 258 g/mol. The van der Waals surface area contributed by atoms with Crippen LogP contribution in [0.5, 0.6) is 0 Å². The number of nitrogens with two attached hydrogens (primary N) is 1. The Morgan fingerprint density at radius 1 is 1.56 bits per heavy atom. The molecule has 1 aromatic carbocycles. The summed E-state index contributed by atoms with van der Waals surface area (Å²) in [7, 11) is 0. The van der Waals surface area contributed by atoms with E-state index in [0.717, 1.165) is 5.75 Å². The van der Waals surface area contributed by atoms with Gasteiger partial charge in [-0.05, 0) is 6.07 Å². The van der Waals surface area contributed by atoms with Crippen molar-refractivity contribution in [3.63, 3.8) is 0 Å². The summed E-state index contributed by atoms with van der Waals surface area (Å²) in [5.41, 5.74) is 6.63. The molecule has 1 aromatic rings. The molecule has 0 bridgehead atoms. The fourth-order valence-electron chi connectivity index (χ4n) is 1.10. The van der Waals surface area contributed by atoms with Crippen LogP contribution in [0.15, 0.2) is 12.1 Å². The molecule has 3 N–H and O–H groups in total. The molecule has 0 aliphatic heterocycles. The van der Waals surface area contributed by atoms with Gasteiger partial charge in [0.2, 0.25) is 0 Å². The molecule has 1 rings (SSSR count). The van der Waals surface area contributed by atoms with Crippen molar-refractivity contribution >= 4 is 34.7 Å². The van der Waals surface area contributed by atoms with E-state index in [-0.39, 0.29) is 5.02 Å². The Morgan fingerprint density at radius 3 is 3.00 bits per heavy atom. The van der Waals surface area contributed by atoms with E-state index >= 15 is 0 Å². The van der Waals surface area contributed by atoms with Gasteiger partial charge in [-0.2, -0.15) is 0 Å². The predicted octanol–water partition coefficient (Wildman–Crippen LogP) is 2.84. The topological polar surface area (TPSA) is 38.0 Å². The minimum Gasteiger partial charge on any atom is -0.397 e. The van der Waals surface area contributed by atoms with Crippen molar-refractivity contribution in [2.75, 3.05) is 29.1 Å². The van der Waals surface area contributed by atoms with Crippen LogP contribution < -0.4 is 11.1 Å². The summed E-state index contributed by atoms with van der Waals surface area (Å²) < 4.78 is 13.0. The van der Waals surface area contributed by atoms with E-state index < -0.39 is 5.82 Å².